The van der Waals surface area contributed by atoms with Crippen LogP contribution in [0.25, 0.3) is 0 Å². The van der Waals surface area contributed by atoms with E-state index >= 15 is 0 Å². The van der Waals surface area contributed by atoms with Crippen molar-refractivity contribution in [3.8, 4) is 5.75 Å². The quantitative estimate of drug-likeness (QED) is 0.751. The molecule has 1 aliphatic heterocycles. The highest BCUT2D eigenvalue weighted by molar-refractivity contribution is 9.10. The van der Waals surface area contributed by atoms with Crippen molar-refractivity contribution < 1.29 is 14.6 Å². The number of rotatable bonds is 5. The SMILES string of the molecule is CC(C)(O)c1ccc(OC2CC3CC2CC3OC2CCNCC2)c(Br)c1. The maximum Gasteiger partial charge on any atom is 0.133 e. The fourth-order valence-electron chi connectivity index (χ4n) is 4.80. The summed E-state index contributed by atoms with van der Waals surface area (Å²) in [5.41, 5.74) is 0.0484. The molecule has 4 unspecified atom stereocenters. The summed E-state index contributed by atoms with van der Waals surface area (Å²) in [7, 11) is 0. The summed E-state index contributed by atoms with van der Waals surface area (Å²) in [6, 6.07) is 5.90. The van der Waals surface area contributed by atoms with E-state index in [0.29, 0.717) is 24.0 Å². The average Bonchev–Trinajstić information content (AvgIpc) is 3.16. The molecule has 144 valence electrons. The van der Waals surface area contributed by atoms with Crippen LogP contribution in [0.15, 0.2) is 22.7 Å². The molecule has 4 rings (SSSR count). The lowest BCUT2D eigenvalue weighted by molar-refractivity contribution is -0.0621. The number of benzene rings is 1. The first-order chi connectivity index (χ1) is 12.4. The van der Waals surface area contributed by atoms with E-state index in [4.69, 9.17) is 9.47 Å². The van der Waals surface area contributed by atoms with E-state index in [0.717, 1.165) is 54.6 Å². The Hall–Kier alpha value is -0.620. The van der Waals surface area contributed by atoms with Crippen molar-refractivity contribution in [2.75, 3.05) is 13.1 Å². The summed E-state index contributed by atoms with van der Waals surface area (Å²) >= 11 is 3.61. The Balaban J connectivity index is 1.34. The molecule has 2 saturated carbocycles. The van der Waals surface area contributed by atoms with Gasteiger partial charge in [-0.25, -0.2) is 0 Å². The molecular weight excluding hydrogens is 394 g/mol. The van der Waals surface area contributed by atoms with Crippen LogP contribution in [0, 0.1) is 11.8 Å². The fraction of sp³-hybridized carbons (Fsp3) is 0.714. The number of ether oxygens (including phenoxy) is 2. The second-order valence-electron chi connectivity index (χ2n) is 8.71. The van der Waals surface area contributed by atoms with Crippen LogP contribution in [0.2, 0.25) is 0 Å². The van der Waals surface area contributed by atoms with E-state index in [1.807, 2.05) is 18.2 Å². The molecule has 4 atom stereocenters. The highest BCUT2D eigenvalue weighted by atomic mass is 79.9. The van der Waals surface area contributed by atoms with Crippen molar-refractivity contribution in [2.24, 2.45) is 11.8 Å². The van der Waals surface area contributed by atoms with Gasteiger partial charge in [0.05, 0.1) is 22.3 Å². The lowest BCUT2D eigenvalue weighted by Gasteiger charge is -2.33. The van der Waals surface area contributed by atoms with Gasteiger partial charge in [0.1, 0.15) is 11.9 Å². The van der Waals surface area contributed by atoms with Gasteiger partial charge in [-0.05, 0) is 105 Å². The van der Waals surface area contributed by atoms with E-state index in [9.17, 15) is 5.11 Å². The molecule has 3 fully saturated rings. The molecule has 1 aromatic carbocycles. The standard InChI is InChI=1S/C21H30BrNO3/c1-21(2,24)15-3-4-18(17(22)12-15)26-20-11-13-9-14(20)10-19(13)25-16-5-7-23-8-6-16/h3-4,12-14,16,19-20,23-24H,5-11H2,1-2H3. The Morgan fingerprint density at radius 2 is 1.77 bits per heavy atom. The topological polar surface area (TPSA) is 50.7 Å². The van der Waals surface area contributed by atoms with Gasteiger partial charge in [0, 0.05) is 0 Å². The zero-order valence-electron chi connectivity index (χ0n) is 15.7. The second kappa shape index (κ2) is 7.42. The monoisotopic (exact) mass is 423 g/mol. The normalized spacial score (nSPS) is 32.2. The highest BCUT2D eigenvalue weighted by Crippen LogP contribution is 2.48. The molecule has 0 radical (unpaired) electrons. The van der Waals surface area contributed by atoms with Gasteiger partial charge in [-0.15, -0.1) is 0 Å². The smallest absolute Gasteiger partial charge is 0.133 e. The molecule has 4 nitrogen and oxygen atoms in total. The van der Waals surface area contributed by atoms with Crippen molar-refractivity contribution in [3.63, 3.8) is 0 Å². The Labute approximate surface area is 164 Å². The first-order valence-corrected chi connectivity index (χ1v) is 10.7. The fourth-order valence-corrected chi connectivity index (χ4v) is 5.27. The molecular formula is C21H30BrNO3. The Morgan fingerprint density at radius 3 is 2.38 bits per heavy atom. The maximum atomic E-state index is 10.2. The first kappa shape index (κ1) is 18.7. The van der Waals surface area contributed by atoms with E-state index in [-0.39, 0.29) is 6.10 Å². The maximum absolute atomic E-state index is 10.2. The minimum Gasteiger partial charge on any atom is -0.489 e. The highest BCUT2D eigenvalue weighted by Gasteiger charge is 2.48. The van der Waals surface area contributed by atoms with E-state index in [1.165, 1.54) is 6.42 Å². The van der Waals surface area contributed by atoms with Gasteiger partial charge >= 0.3 is 0 Å². The molecule has 1 saturated heterocycles. The zero-order chi connectivity index (χ0) is 18.3. The largest absolute Gasteiger partial charge is 0.489 e. The van der Waals surface area contributed by atoms with E-state index in [1.54, 1.807) is 13.8 Å². The van der Waals surface area contributed by atoms with Crippen LogP contribution in [0.4, 0.5) is 0 Å². The van der Waals surface area contributed by atoms with E-state index < -0.39 is 5.60 Å². The lowest BCUT2D eigenvalue weighted by atomic mass is 9.94. The molecule has 0 amide bonds. The Morgan fingerprint density at radius 1 is 1.08 bits per heavy atom. The molecule has 3 aliphatic rings. The number of fused-ring (bicyclic) bond motifs is 2. The third-order valence-corrected chi connectivity index (χ3v) is 6.92. The molecule has 1 heterocycles. The first-order valence-electron chi connectivity index (χ1n) is 9.95. The molecule has 2 aliphatic carbocycles. The van der Waals surface area contributed by atoms with Gasteiger partial charge in [0.2, 0.25) is 0 Å². The van der Waals surface area contributed by atoms with E-state index in [2.05, 4.69) is 21.2 Å². The minimum atomic E-state index is -0.841. The van der Waals surface area contributed by atoms with Crippen molar-refractivity contribution in [1.29, 1.82) is 0 Å². The van der Waals surface area contributed by atoms with Gasteiger partial charge < -0.3 is 19.9 Å². The molecule has 1 aromatic rings. The van der Waals surface area contributed by atoms with Gasteiger partial charge in [-0.1, -0.05) is 6.07 Å². The molecule has 2 N–H and O–H groups in total. The number of halogens is 1. The number of nitrogens with one attached hydrogen (secondary N) is 1. The number of hydrogen-bond acceptors (Lipinski definition) is 4. The molecule has 2 bridgehead atoms. The summed E-state index contributed by atoms with van der Waals surface area (Å²) in [6.07, 6.45) is 6.94. The molecule has 0 aromatic heterocycles. The summed E-state index contributed by atoms with van der Waals surface area (Å²) in [5, 5.41) is 13.6. The van der Waals surface area contributed by atoms with Crippen molar-refractivity contribution in [1.82, 2.24) is 5.32 Å². The van der Waals surface area contributed by atoms with Crippen LogP contribution >= 0.6 is 15.9 Å². The predicted molar refractivity (Wildman–Crippen MR) is 105 cm³/mol. The third-order valence-electron chi connectivity index (χ3n) is 6.30. The lowest BCUT2D eigenvalue weighted by Crippen LogP contribution is -2.38. The summed E-state index contributed by atoms with van der Waals surface area (Å²) in [6.45, 7) is 5.78. The number of aliphatic hydroxyl groups is 1. The van der Waals surface area contributed by atoms with Crippen LogP contribution in [-0.4, -0.2) is 36.5 Å². The van der Waals surface area contributed by atoms with Crippen molar-refractivity contribution >= 4 is 15.9 Å². The summed E-state index contributed by atoms with van der Waals surface area (Å²) in [4.78, 5) is 0. The summed E-state index contributed by atoms with van der Waals surface area (Å²) < 4.78 is 13.7. The minimum absolute atomic E-state index is 0.289. The van der Waals surface area contributed by atoms with Crippen LogP contribution in [0.1, 0.15) is 51.5 Å². The predicted octanol–water partition coefficient (Wildman–Crippen LogP) is 3.99. The van der Waals surface area contributed by atoms with Crippen molar-refractivity contribution in [2.45, 2.75) is 69.9 Å². The van der Waals surface area contributed by atoms with Crippen molar-refractivity contribution in [3.05, 3.63) is 28.2 Å². The average molecular weight is 424 g/mol. The molecule has 26 heavy (non-hydrogen) atoms. The van der Waals surface area contributed by atoms with Gasteiger partial charge in [-0.2, -0.15) is 0 Å². The molecule has 5 heteroatoms. The van der Waals surface area contributed by atoms with Crippen LogP contribution in [0.3, 0.4) is 0 Å². The van der Waals surface area contributed by atoms with Gasteiger partial charge in [0.15, 0.2) is 0 Å². The number of piperidine rings is 1. The second-order valence-corrected chi connectivity index (χ2v) is 9.57. The Bertz CT molecular complexity index is 639. The Kier molecular flexibility index (Phi) is 5.35. The van der Waals surface area contributed by atoms with Crippen LogP contribution in [0.5, 0.6) is 5.75 Å². The molecule has 0 spiro atoms. The van der Waals surface area contributed by atoms with Crippen LogP contribution in [-0.2, 0) is 10.3 Å². The number of hydrogen-bond donors (Lipinski definition) is 2. The zero-order valence-corrected chi connectivity index (χ0v) is 17.3. The third kappa shape index (κ3) is 3.96. The van der Waals surface area contributed by atoms with Crippen LogP contribution < -0.4 is 10.1 Å². The summed E-state index contributed by atoms with van der Waals surface area (Å²) in [5.74, 6) is 2.13. The van der Waals surface area contributed by atoms with Gasteiger partial charge in [0.25, 0.3) is 0 Å². The van der Waals surface area contributed by atoms with Gasteiger partial charge in [-0.3, -0.25) is 0 Å².